The molecule has 0 aromatic carbocycles. The molecule has 0 aliphatic heterocycles. The molecule has 0 aliphatic rings. The Bertz CT molecular complexity index is 684. The molecule has 0 radical (unpaired) electrons. The van der Waals surface area contributed by atoms with Crippen molar-refractivity contribution < 1.29 is 74.6 Å². The molecule has 262 valence electrons. The smallest absolute Gasteiger partial charge is 0.306 e. The fourth-order valence-electron chi connectivity index (χ4n) is 3.70. The van der Waals surface area contributed by atoms with Gasteiger partial charge in [0.15, 0.2) is 0 Å². The number of carboxylic acid groups (broad SMARTS) is 2. The highest BCUT2D eigenvalue weighted by Gasteiger charge is 2.22. The van der Waals surface area contributed by atoms with E-state index in [2.05, 4.69) is 0 Å². The highest BCUT2D eigenvalue weighted by Crippen LogP contribution is 2.14. The molecule has 0 heterocycles. The Morgan fingerprint density at radius 1 is 0.432 bits per heavy atom. The summed E-state index contributed by atoms with van der Waals surface area (Å²) in [5.74, 6) is -3.38. The molecule has 6 atom stereocenters. The van der Waals surface area contributed by atoms with E-state index in [0.717, 1.165) is 0 Å². The first-order valence-corrected chi connectivity index (χ1v) is 14.7. The van der Waals surface area contributed by atoms with Gasteiger partial charge in [-0.2, -0.15) is 0 Å². The van der Waals surface area contributed by atoms with Crippen LogP contribution in [-0.4, -0.2) is 125 Å². The van der Waals surface area contributed by atoms with Gasteiger partial charge in [0.1, 0.15) is 12.2 Å². The molecule has 15 heteroatoms. The maximum absolute atomic E-state index is 11.9. The van der Waals surface area contributed by atoms with Gasteiger partial charge in [0.05, 0.1) is 68.4 Å². The third-order valence-electron chi connectivity index (χ3n) is 5.32. The minimum absolute atomic E-state index is 0.189. The lowest BCUT2D eigenvalue weighted by molar-refractivity contribution is -0.159. The van der Waals surface area contributed by atoms with E-state index in [9.17, 15) is 39.6 Å². The Morgan fingerprint density at radius 3 is 0.841 bits per heavy atom. The van der Waals surface area contributed by atoms with E-state index in [1.54, 1.807) is 41.5 Å². The van der Waals surface area contributed by atoms with Gasteiger partial charge in [-0.05, 0) is 54.4 Å². The summed E-state index contributed by atoms with van der Waals surface area (Å²) in [6.07, 6.45) is -5.05. The summed E-state index contributed by atoms with van der Waals surface area (Å²) in [6.45, 7) is 9.47. The SMILES string of the molecule is CC(O)CC(CC(C)O)OC(=O)CCC(=O)OC(CC(C)O)CC(C)O.CC(O)CC(O)CC(C)O.O=C(O)CCC(=O)O. The van der Waals surface area contributed by atoms with Crippen LogP contribution in [0.3, 0.4) is 0 Å². The highest BCUT2D eigenvalue weighted by molar-refractivity contribution is 5.77. The lowest BCUT2D eigenvalue weighted by Gasteiger charge is -2.21. The number of hydrogen-bond acceptors (Lipinski definition) is 13. The Balaban J connectivity index is -0.000000758. The van der Waals surface area contributed by atoms with E-state index in [0.29, 0.717) is 12.8 Å². The van der Waals surface area contributed by atoms with Crippen LogP contribution in [0.1, 0.15) is 106 Å². The normalized spacial score (nSPS) is 16.9. The van der Waals surface area contributed by atoms with Gasteiger partial charge >= 0.3 is 23.9 Å². The van der Waals surface area contributed by atoms with Crippen molar-refractivity contribution in [2.75, 3.05) is 0 Å². The average Bonchev–Trinajstić information content (AvgIpc) is 2.79. The molecule has 9 N–H and O–H groups in total. The summed E-state index contributed by atoms with van der Waals surface area (Å²) in [5, 5.41) is 80.1. The Hall–Kier alpha value is -2.40. The van der Waals surface area contributed by atoms with Crippen LogP contribution in [0.25, 0.3) is 0 Å². The van der Waals surface area contributed by atoms with E-state index in [-0.39, 0.29) is 51.4 Å². The number of aliphatic carboxylic acids is 2. The first-order chi connectivity index (χ1) is 20.1. The van der Waals surface area contributed by atoms with Gasteiger partial charge < -0.3 is 55.4 Å². The van der Waals surface area contributed by atoms with Crippen molar-refractivity contribution in [3.05, 3.63) is 0 Å². The van der Waals surface area contributed by atoms with Gasteiger partial charge in [0, 0.05) is 25.7 Å². The minimum atomic E-state index is -1.08. The van der Waals surface area contributed by atoms with Crippen molar-refractivity contribution in [1.29, 1.82) is 0 Å². The van der Waals surface area contributed by atoms with Crippen molar-refractivity contribution in [2.24, 2.45) is 0 Å². The van der Waals surface area contributed by atoms with Gasteiger partial charge in [0.2, 0.25) is 0 Å². The zero-order chi connectivity index (χ0) is 35.0. The van der Waals surface area contributed by atoms with E-state index < -0.39 is 78.8 Å². The van der Waals surface area contributed by atoms with Gasteiger partial charge in [-0.3, -0.25) is 19.2 Å². The highest BCUT2D eigenvalue weighted by atomic mass is 16.6. The first-order valence-electron chi connectivity index (χ1n) is 14.7. The zero-order valence-corrected chi connectivity index (χ0v) is 26.7. The molecule has 0 bridgehead atoms. The molecule has 0 aliphatic carbocycles. The molecule has 15 nitrogen and oxygen atoms in total. The molecule has 44 heavy (non-hydrogen) atoms. The second-order valence-corrected chi connectivity index (χ2v) is 11.2. The molecule has 0 rings (SSSR count). The summed E-state index contributed by atoms with van der Waals surface area (Å²) in [7, 11) is 0. The lowest BCUT2D eigenvalue weighted by atomic mass is 10.1. The van der Waals surface area contributed by atoms with Crippen LogP contribution in [0.15, 0.2) is 0 Å². The zero-order valence-electron chi connectivity index (χ0n) is 26.7. The van der Waals surface area contributed by atoms with Gasteiger partial charge in [0.25, 0.3) is 0 Å². The van der Waals surface area contributed by atoms with Crippen molar-refractivity contribution in [3.8, 4) is 0 Å². The Morgan fingerprint density at radius 2 is 0.659 bits per heavy atom. The minimum Gasteiger partial charge on any atom is -0.481 e. The van der Waals surface area contributed by atoms with Gasteiger partial charge in [-0.25, -0.2) is 0 Å². The number of aliphatic hydroxyl groups excluding tert-OH is 7. The monoisotopic (exact) mass is 644 g/mol. The quantitative estimate of drug-likeness (QED) is 0.0817. The van der Waals surface area contributed by atoms with Crippen LogP contribution < -0.4 is 0 Å². The maximum atomic E-state index is 11.9. The third-order valence-corrected chi connectivity index (χ3v) is 5.32. The number of carboxylic acids is 2. The second-order valence-electron chi connectivity index (χ2n) is 11.2. The van der Waals surface area contributed by atoms with Gasteiger partial charge in [-0.1, -0.05) is 0 Å². The van der Waals surface area contributed by atoms with E-state index >= 15 is 0 Å². The first kappa shape index (κ1) is 46.0. The van der Waals surface area contributed by atoms with Crippen LogP contribution in [-0.2, 0) is 28.7 Å². The fraction of sp³-hybridized carbons (Fsp3) is 0.862. The standard InChI is InChI=1S/C18H34O8.C7H16O3.C4H6O4/c1-11(19)7-15(8-12(2)20)25-17(23)5-6-18(24)26-16(9-13(3)21)10-14(4)22;1-5(8)3-7(10)4-6(2)9;5-3(6)1-2-4(7)8/h11-16,19-22H,5-10H2,1-4H3;5-10H,3-4H2,1-2H3;1-2H2,(H,5,6)(H,7,8). The van der Waals surface area contributed by atoms with Crippen molar-refractivity contribution >= 4 is 23.9 Å². The molecule has 6 unspecified atom stereocenters. The Labute approximate surface area is 259 Å². The maximum Gasteiger partial charge on any atom is 0.306 e. The number of carbonyl (C=O) groups is 4. The van der Waals surface area contributed by atoms with Crippen LogP contribution >= 0.6 is 0 Å². The predicted octanol–water partition coefficient (Wildman–Crippen LogP) is 0.499. The predicted molar refractivity (Wildman–Crippen MR) is 157 cm³/mol. The van der Waals surface area contributed by atoms with E-state index in [4.69, 9.17) is 35.0 Å². The molecule has 0 fully saturated rings. The Kier molecular flexibility index (Phi) is 28.2. The molecule has 0 aromatic rings. The molecular weight excluding hydrogens is 588 g/mol. The second kappa shape index (κ2) is 27.0. The number of rotatable bonds is 20. The topological polar surface area (TPSA) is 269 Å². The largest absolute Gasteiger partial charge is 0.481 e. The van der Waals surface area contributed by atoms with Crippen LogP contribution in [0.2, 0.25) is 0 Å². The van der Waals surface area contributed by atoms with Crippen LogP contribution in [0.5, 0.6) is 0 Å². The summed E-state index contributed by atoms with van der Waals surface area (Å²) in [4.78, 5) is 43.1. The van der Waals surface area contributed by atoms with Crippen LogP contribution in [0, 0.1) is 0 Å². The van der Waals surface area contributed by atoms with E-state index in [1.165, 1.54) is 0 Å². The van der Waals surface area contributed by atoms with Crippen molar-refractivity contribution in [1.82, 2.24) is 0 Å². The molecule has 0 spiro atoms. The van der Waals surface area contributed by atoms with Crippen LogP contribution in [0.4, 0.5) is 0 Å². The molecule has 0 saturated heterocycles. The summed E-state index contributed by atoms with van der Waals surface area (Å²) in [6, 6.07) is 0. The number of hydrogen-bond donors (Lipinski definition) is 9. The molecule has 0 amide bonds. The number of esters is 2. The summed E-state index contributed by atoms with van der Waals surface area (Å²) < 4.78 is 10.4. The van der Waals surface area contributed by atoms with Crippen molar-refractivity contribution in [2.45, 2.75) is 161 Å². The van der Waals surface area contributed by atoms with Crippen molar-refractivity contribution in [3.63, 3.8) is 0 Å². The number of ether oxygens (including phenoxy) is 2. The third kappa shape index (κ3) is 37.6. The summed E-state index contributed by atoms with van der Waals surface area (Å²) >= 11 is 0. The summed E-state index contributed by atoms with van der Waals surface area (Å²) in [5.41, 5.74) is 0. The molecule has 0 aromatic heterocycles. The average molecular weight is 645 g/mol. The number of aliphatic hydroxyl groups is 7. The van der Waals surface area contributed by atoms with Gasteiger partial charge in [-0.15, -0.1) is 0 Å². The number of carbonyl (C=O) groups excluding carboxylic acids is 2. The van der Waals surface area contributed by atoms with E-state index in [1.807, 2.05) is 0 Å². The fourth-order valence-corrected chi connectivity index (χ4v) is 3.70. The molecule has 0 saturated carbocycles. The molecular formula is C29H56O15. The lowest BCUT2D eigenvalue weighted by Crippen LogP contribution is -2.28.